The molecule has 0 aromatic heterocycles. The summed E-state index contributed by atoms with van der Waals surface area (Å²) in [6, 6.07) is 7.77. The number of carbonyl (C=O) groups is 1. The number of benzene rings is 2. The Labute approximate surface area is 186 Å². The van der Waals surface area contributed by atoms with Crippen molar-refractivity contribution in [2.24, 2.45) is 17.3 Å². The third kappa shape index (κ3) is 3.81. The molecular formula is C23H25Cl2NO4. The molecule has 0 radical (unpaired) electrons. The quantitative estimate of drug-likeness (QED) is 0.487. The first-order valence-corrected chi connectivity index (χ1v) is 10.9. The monoisotopic (exact) mass is 449 g/mol. The number of hydrogen-bond donors (Lipinski definition) is 3. The molecule has 2 aliphatic carbocycles. The second-order valence-corrected chi connectivity index (χ2v) is 9.71. The summed E-state index contributed by atoms with van der Waals surface area (Å²) >= 11 is 11.9. The first-order chi connectivity index (χ1) is 14.2. The van der Waals surface area contributed by atoms with Crippen molar-refractivity contribution in [2.45, 2.75) is 45.8 Å². The molecule has 4 rings (SSSR count). The molecule has 7 heteroatoms. The summed E-state index contributed by atoms with van der Waals surface area (Å²) in [6.45, 7) is 4.76. The van der Waals surface area contributed by atoms with Crippen LogP contribution in [0.3, 0.4) is 0 Å². The Morgan fingerprint density at radius 3 is 2.60 bits per heavy atom. The van der Waals surface area contributed by atoms with Crippen LogP contribution in [0.1, 0.15) is 49.0 Å². The van der Waals surface area contributed by atoms with Gasteiger partial charge in [0.15, 0.2) is 0 Å². The minimum Gasteiger partial charge on any atom is -0.507 e. The van der Waals surface area contributed by atoms with E-state index in [0.29, 0.717) is 28.1 Å². The van der Waals surface area contributed by atoms with Crippen molar-refractivity contribution in [3.05, 3.63) is 51.5 Å². The molecule has 0 aliphatic heterocycles. The van der Waals surface area contributed by atoms with E-state index in [9.17, 15) is 15.0 Å². The third-order valence-electron chi connectivity index (χ3n) is 6.87. The van der Waals surface area contributed by atoms with Crippen molar-refractivity contribution in [1.29, 1.82) is 0 Å². The van der Waals surface area contributed by atoms with Gasteiger partial charge in [-0.05, 0) is 54.9 Å². The number of phenols is 2. The van der Waals surface area contributed by atoms with E-state index in [2.05, 4.69) is 19.2 Å². The van der Waals surface area contributed by atoms with Crippen molar-refractivity contribution in [3.63, 3.8) is 0 Å². The molecule has 0 saturated heterocycles. The van der Waals surface area contributed by atoms with Crippen molar-refractivity contribution >= 4 is 34.9 Å². The minimum atomic E-state index is -0.494. The van der Waals surface area contributed by atoms with E-state index >= 15 is 0 Å². The standard InChI is InChI=1S/C23H25Cl2NO4/c1-23(2)13-3-6-17(23)20(8-13)30-22(29)16-5-4-15(10-19(16)27)26-11-12-7-14(24)9-18(25)21(12)28/h4-5,7,9-10,13,17,20,26-28H,3,6,8,11H2,1-2H3/t13-,17+,20+/m1/s1. The summed E-state index contributed by atoms with van der Waals surface area (Å²) < 4.78 is 5.78. The second-order valence-electron chi connectivity index (χ2n) is 8.86. The van der Waals surface area contributed by atoms with Crippen molar-refractivity contribution in [1.82, 2.24) is 0 Å². The molecule has 2 aliphatic rings. The van der Waals surface area contributed by atoms with Gasteiger partial charge in [0.1, 0.15) is 23.2 Å². The number of aromatic hydroxyl groups is 2. The fourth-order valence-corrected chi connectivity index (χ4v) is 5.59. The van der Waals surface area contributed by atoms with Gasteiger partial charge in [0.2, 0.25) is 0 Å². The average molecular weight is 450 g/mol. The molecule has 2 aromatic carbocycles. The molecule has 30 heavy (non-hydrogen) atoms. The van der Waals surface area contributed by atoms with E-state index in [4.69, 9.17) is 27.9 Å². The Kier molecular flexibility index (Phi) is 5.54. The van der Waals surface area contributed by atoms with Crippen LogP contribution in [0.5, 0.6) is 11.5 Å². The van der Waals surface area contributed by atoms with Gasteiger partial charge in [0.25, 0.3) is 0 Å². The summed E-state index contributed by atoms with van der Waals surface area (Å²) in [6.07, 6.45) is 3.10. The molecule has 3 atom stereocenters. The molecule has 2 aromatic rings. The second kappa shape index (κ2) is 7.86. The highest BCUT2D eigenvalue weighted by molar-refractivity contribution is 6.35. The summed E-state index contributed by atoms with van der Waals surface area (Å²) in [4.78, 5) is 12.7. The van der Waals surface area contributed by atoms with Gasteiger partial charge in [-0.2, -0.15) is 0 Å². The smallest absolute Gasteiger partial charge is 0.342 e. The van der Waals surface area contributed by atoms with Crippen LogP contribution >= 0.6 is 23.2 Å². The van der Waals surface area contributed by atoms with Crippen LogP contribution in [0.2, 0.25) is 10.0 Å². The maximum atomic E-state index is 12.7. The number of anilines is 1. The molecular weight excluding hydrogens is 425 g/mol. The van der Waals surface area contributed by atoms with E-state index in [1.165, 1.54) is 18.6 Å². The van der Waals surface area contributed by atoms with Crippen LogP contribution in [0, 0.1) is 17.3 Å². The van der Waals surface area contributed by atoms with E-state index in [-0.39, 0.29) is 40.1 Å². The zero-order valence-corrected chi connectivity index (χ0v) is 18.4. The largest absolute Gasteiger partial charge is 0.507 e. The van der Waals surface area contributed by atoms with E-state index in [1.54, 1.807) is 18.2 Å². The van der Waals surface area contributed by atoms with Crippen molar-refractivity contribution in [2.75, 3.05) is 5.32 Å². The summed E-state index contributed by atoms with van der Waals surface area (Å²) in [5, 5.41) is 24.1. The fraction of sp³-hybridized carbons (Fsp3) is 0.435. The van der Waals surface area contributed by atoms with Crippen LogP contribution in [-0.2, 0) is 11.3 Å². The molecule has 5 nitrogen and oxygen atoms in total. The van der Waals surface area contributed by atoms with Crippen molar-refractivity contribution < 1.29 is 19.7 Å². The number of phenolic OH excluding ortho intramolecular Hbond substituents is 2. The Balaban J connectivity index is 1.42. The highest BCUT2D eigenvalue weighted by Gasteiger charge is 2.54. The lowest BCUT2D eigenvalue weighted by atomic mass is 9.82. The number of rotatable bonds is 5. The number of fused-ring (bicyclic) bond motifs is 2. The van der Waals surface area contributed by atoms with Gasteiger partial charge in [0, 0.05) is 34.8 Å². The van der Waals surface area contributed by atoms with Gasteiger partial charge in [-0.15, -0.1) is 0 Å². The van der Waals surface area contributed by atoms with Gasteiger partial charge in [0.05, 0.1) is 5.02 Å². The predicted molar refractivity (Wildman–Crippen MR) is 117 cm³/mol. The lowest BCUT2D eigenvalue weighted by Gasteiger charge is -2.26. The van der Waals surface area contributed by atoms with Gasteiger partial charge in [-0.3, -0.25) is 0 Å². The van der Waals surface area contributed by atoms with Crippen LogP contribution in [0.15, 0.2) is 30.3 Å². The van der Waals surface area contributed by atoms with Gasteiger partial charge < -0.3 is 20.3 Å². The van der Waals surface area contributed by atoms with Crippen LogP contribution in [-0.4, -0.2) is 22.3 Å². The molecule has 2 fully saturated rings. The number of esters is 1. The maximum absolute atomic E-state index is 12.7. The third-order valence-corrected chi connectivity index (χ3v) is 7.37. The number of hydrogen-bond acceptors (Lipinski definition) is 5. The molecule has 0 amide bonds. The summed E-state index contributed by atoms with van der Waals surface area (Å²) in [5.41, 5.74) is 1.46. The first-order valence-electron chi connectivity index (χ1n) is 10.1. The normalized spacial score (nSPS) is 24.1. The maximum Gasteiger partial charge on any atom is 0.342 e. The van der Waals surface area contributed by atoms with E-state index < -0.39 is 5.97 Å². The molecule has 2 saturated carbocycles. The molecule has 3 N–H and O–H groups in total. The average Bonchev–Trinajstić information content (AvgIpc) is 3.09. The van der Waals surface area contributed by atoms with E-state index in [0.717, 1.165) is 12.8 Å². The van der Waals surface area contributed by atoms with E-state index in [1.807, 2.05) is 0 Å². The molecule has 0 heterocycles. The van der Waals surface area contributed by atoms with Gasteiger partial charge >= 0.3 is 5.97 Å². The first kappa shape index (κ1) is 21.1. The lowest BCUT2D eigenvalue weighted by molar-refractivity contribution is 0.0109. The highest BCUT2D eigenvalue weighted by Crippen LogP contribution is 2.58. The Hall–Kier alpha value is -2.11. The Morgan fingerprint density at radius 1 is 1.20 bits per heavy atom. The van der Waals surface area contributed by atoms with Crippen LogP contribution in [0.4, 0.5) is 5.69 Å². The zero-order chi connectivity index (χ0) is 21.6. The minimum absolute atomic E-state index is 0.0493. The number of halogens is 2. The summed E-state index contributed by atoms with van der Waals surface area (Å²) in [7, 11) is 0. The van der Waals surface area contributed by atoms with Crippen molar-refractivity contribution in [3.8, 4) is 11.5 Å². The topological polar surface area (TPSA) is 78.8 Å². The van der Waals surface area contributed by atoms with Gasteiger partial charge in [-0.25, -0.2) is 4.79 Å². The number of ether oxygens (including phenoxy) is 1. The fourth-order valence-electron chi connectivity index (χ4n) is 5.06. The van der Waals surface area contributed by atoms with Crippen LogP contribution < -0.4 is 5.32 Å². The lowest BCUT2D eigenvalue weighted by Crippen LogP contribution is -2.27. The predicted octanol–water partition coefficient (Wildman–Crippen LogP) is 6.00. The SMILES string of the molecule is CC1(C)[C@@H]2CC[C@H]1[C@@H](OC(=O)c1ccc(NCc3cc(Cl)cc(Cl)c3O)cc1O)C2. The number of carbonyl (C=O) groups excluding carboxylic acids is 1. The highest BCUT2D eigenvalue weighted by atomic mass is 35.5. The molecule has 160 valence electrons. The molecule has 0 unspecified atom stereocenters. The zero-order valence-electron chi connectivity index (χ0n) is 16.9. The Morgan fingerprint density at radius 2 is 1.97 bits per heavy atom. The Bertz CT molecular complexity index is 991. The molecule has 0 spiro atoms. The van der Waals surface area contributed by atoms with Gasteiger partial charge in [-0.1, -0.05) is 37.0 Å². The number of nitrogens with one attached hydrogen (secondary N) is 1. The van der Waals surface area contributed by atoms with Crippen LogP contribution in [0.25, 0.3) is 0 Å². The summed E-state index contributed by atoms with van der Waals surface area (Å²) in [5.74, 6) is 0.280. The molecule has 2 bridgehead atoms.